The zero-order chi connectivity index (χ0) is 11.7. The van der Waals surface area contributed by atoms with Crippen LogP contribution in [0.3, 0.4) is 0 Å². The summed E-state index contributed by atoms with van der Waals surface area (Å²) in [6.45, 7) is 5.60. The normalized spacial score (nSPS) is 11.9. The molecule has 0 amide bonds. The molecule has 0 spiro atoms. The van der Waals surface area contributed by atoms with Crippen molar-refractivity contribution in [1.29, 1.82) is 0 Å². The van der Waals surface area contributed by atoms with Crippen LogP contribution in [0.4, 0.5) is 0 Å². The second-order valence-electron chi connectivity index (χ2n) is 3.34. The van der Waals surface area contributed by atoms with Crippen LogP contribution in [0, 0.1) is 0 Å². The van der Waals surface area contributed by atoms with Gasteiger partial charge >= 0.3 is 11.9 Å². The van der Waals surface area contributed by atoms with Crippen molar-refractivity contribution in [3.8, 4) is 0 Å². The Morgan fingerprint density at radius 2 is 1.87 bits per heavy atom. The Kier molecular flexibility index (Phi) is 7.68. The first kappa shape index (κ1) is 13.9. The molecule has 0 aromatic carbocycles. The van der Waals surface area contributed by atoms with Crippen molar-refractivity contribution in [3.05, 3.63) is 0 Å². The molecule has 0 aliphatic carbocycles. The van der Waals surface area contributed by atoms with Gasteiger partial charge in [0.05, 0.1) is 6.61 Å². The highest BCUT2D eigenvalue weighted by Crippen LogP contribution is 2.03. The van der Waals surface area contributed by atoms with E-state index in [1.54, 1.807) is 6.92 Å². The lowest BCUT2D eigenvalue weighted by molar-refractivity contribution is -0.166. The van der Waals surface area contributed by atoms with E-state index in [-0.39, 0.29) is 5.97 Å². The molecule has 0 aromatic heterocycles. The summed E-state index contributed by atoms with van der Waals surface area (Å²) in [6.07, 6.45) is 2.45. The van der Waals surface area contributed by atoms with Gasteiger partial charge in [0.1, 0.15) is 0 Å². The van der Waals surface area contributed by atoms with E-state index in [0.717, 1.165) is 19.3 Å². The number of unbranched alkanes of at least 4 members (excludes halogenated alkanes) is 2. The average Bonchev–Trinajstić information content (AvgIpc) is 2.18. The number of esters is 2. The minimum absolute atomic E-state index is 0.302. The van der Waals surface area contributed by atoms with Crippen LogP contribution in [0.5, 0.6) is 0 Å². The lowest BCUT2D eigenvalue weighted by Crippen LogP contribution is -2.26. The third-order valence-electron chi connectivity index (χ3n) is 1.91. The van der Waals surface area contributed by atoms with E-state index >= 15 is 0 Å². The lowest BCUT2D eigenvalue weighted by Gasteiger charge is -2.11. The number of hydrogen-bond donors (Lipinski definition) is 0. The molecule has 15 heavy (non-hydrogen) atoms. The van der Waals surface area contributed by atoms with Crippen molar-refractivity contribution in [1.82, 2.24) is 0 Å². The molecule has 0 heterocycles. The number of hydrogen-bond acceptors (Lipinski definition) is 4. The van der Waals surface area contributed by atoms with Gasteiger partial charge in [0, 0.05) is 6.42 Å². The summed E-state index contributed by atoms with van der Waals surface area (Å²) in [5.41, 5.74) is 0. The molecule has 0 rings (SSSR count). The first-order chi connectivity index (χ1) is 7.11. The first-order valence-corrected chi connectivity index (χ1v) is 5.47. The van der Waals surface area contributed by atoms with Crippen LogP contribution in [-0.4, -0.2) is 24.6 Å². The quantitative estimate of drug-likeness (QED) is 0.483. The summed E-state index contributed by atoms with van der Waals surface area (Å²) in [4.78, 5) is 22.3. The molecule has 0 aliphatic rings. The van der Waals surface area contributed by atoms with Gasteiger partial charge in [-0.15, -0.1) is 0 Å². The molecule has 0 saturated carbocycles. The highest BCUT2D eigenvalue weighted by molar-refractivity contribution is 5.78. The fourth-order valence-corrected chi connectivity index (χ4v) is 1.08. The molecule has 1 atom stereocenters. The van der Waals surface area contributed by atoms with E-state index in [9.17, 15) is 9.59 Å². The Bertz CT molecular complexity index is 201. The SMILES string of the molecule is CCCCCC(=O)OC(C)C(=O)OCC. The van der Waals surface area contributed by atoms with Gasteiger partial charge in [0.2, 0.25) is 0 Å². The first-order valence-electron chi connectivity index (χ1n) is 5.47. The number of rotatable bonds is 7. The van der Waals surface area contributed by atoms with E-state index < -0.39 is 12.1 Å². The summed E-state index contributed by atoms with van der Waals surface area (Å²) in [5, 5.41) is 0. The van der Waals surface area contributed by atoms with Crippen LogP contribution in [0.25, 0.3) is 0 Å². The van der Waals surface area contributed by atoms with E-state index in [1.807, 2.05) is 0 Å². The highest BCUT2D eigenvalue weighted by atomic mass is 16.6. The van der Waals surface area contributed by atoms with Crippen molar-refractivity contribution in [2.75, 3.05) is 6.61 Å². The van der Waals surface area contributed by atoms with E-state index in [4.69, 9.17) is 9.47 Å². The van der Waals surface area contributed by atoms with Crippen LogP contribution in [0.1, 0.15) is 46.5 Å². The summed E-state index contributed by atoms with van der Waals surface area (Å²) in [7, 11) is 0. The molecule has 1 unspecified atom stereocenters. The fraction of sp³-hybridized carbons (Fsp3) is 0.818. The largest absolute Gasteiger partial charge is 0.463 e. The van der Waals surface area contributed by atoms with Gasteiger partial charge < -0.3 is 9.47 Å². The van der Waals surface area contributed by atoms with Crippen molar-refractivity contribution in [2.24, 2.45) is 0 Å². The second kappa shape index (κ2) is 8.26. The molecular weight excluding hydrogens is 196 g/mol. The third kappa shape index (κ3) is 6.94. The maximum absolute atomic E-state index is 11.2. The molecule has 4 heteroatoms. The van der Waals surface area contributed by atoms with Crippen molar-refractivity contribution in [2.45, 2.75) is 52.6 Å². The predicted molar refractivity (Wildman–Crippen MR) is 56.3 cm³/mol. The molecule has 0 bridgehead atoms. The Hall–Kier alpha value is -1.06. The van der Waals surface area contributed by atoms with Gasteiger partial charge in [-0.05, 0) is 20.3 Å². The Morgan fingerprint density at radius 3 is 2.40 bits per heavy atom. The second-order valence-corrected chi connectivity index (χ2v) is 3.34. The molecule has 0 saturated heterocycles. The zero-order valence-corrected chi connectivity index (χ0v) is 9.75. The maximum Gasteiger partial charge on any atom is 0.347 e. The summed E-state index contributed by atoms with van der Waals surface area (Å²) >= 11 is 0. The lowest BCUT2D eigenvalue weighted by atomic mass is 10.2. The van der Waals surface area contributed by atoms with E-state index in [0.29, 0.717) is 13.0 Å². The fourth-order valence-electron chi connectivity index (χ4n) is 1.08. The van der Waals surface area contributed by atoms with Crippen molar-refractivity contribution < 1.29 is 19.1 Å². The molecule has 0 aromatic rings. The van der Waals surface area contributed by atoms with Crippen LogP contribution >= 0.6 is 0 Å². The Labute approximate surface area is 90.9 Å². The third-order valence-corrected chi connectivity index (χ3v) is 1.91. The van der Waals surface area contributed by atoms with Crippen molar-refractivity contribution in [3.63, 3.8) is 0 Å². The molecule has 4 nitrogen and oxygen atoms in total. The van der Waals surface area contributed by atoms with E-state index in [1.165, 1.54) is 6.92 Å². The number of carbonyl (C=O) groups excluding carboxylic acids is 2. The molecule has 0 N–H and O–H groups in total. The van der Waals surface area contributed by atoms with Gasteiger partial charge in [-0.25, -0.2) is 4.79 Å². The summed E-state index contributed by atoms with van der Waals surface area (Å²) in [5.74, 6) is -0.814. The van der Waals surface area contributed by atoms with Gasteiger partial charge in [0.15, 0.2) is 6.10 Å². The predicted octanol–water partition coefficient (Wildman–Crippen LogP) is 2.06. The number of ether oxygens (including phenoxy) is 2. The minimum atomic E-state index is -0.793. The standard InChI is InChI=1S/C11H20O4/c1-4-6-7-8-10(12)15-9(3)11(13)14-5-2/h9H,4-8H2,1-3H3. The summed E-state index contributed by atoms with van der Waals surface area (Å²) in [6, 6.07) is 0. The highest BCUT2D eigenvalue weighted by Gasteiger charge is 2.18. The van der Waals surface area contributed by atoms with Crippen LogP contribution in [-0.2, 0) is 19.1 Å². The van der Waals surface area contributed by atoms with Gasteiger partial charge in [0.25, 0.3) is 0 Å². The smallest absolute Gasteiger partial charge is 0.347 e. The van der Waals surface area contributed by atoms with Crippen LogP contribution < -0.4 is 0 Å². The molecule has 0 fully saturated rings. The molecular formula is C11H20O4. The zero-order valence-electron chi connectivity index (χ0n) is 9.75. The van der Waals surface area contributed by atoms with Crippen molar-refractivity contribution >= 4 is 11.9 Å². The Morgan fingerprint density at radius 1 is 1.20 bits per heavy atom. The van der Waals surface area contributed by atoms with Gasteiger partial charge in [-0.2, -0.15) is 0 Å². The molecule has 0 radical (unpaired) electrons. The van der Waals surface area contributed by atoms with Gasteiger partial charge in [-0.1, -0.05) is 19.8 Å². The molecule has 88 valence electrons. The maximum atomic E-state index is 11.2. The Balaban J connectivity index is 3.70. The molecule has 0 aliphatic heterocycles. The summed E-state index contributed by atoms with van der Waals surface area (Å²) < 4.78 is 9.61. The minimum Gasteiger partial charge on any atom is -0.463 e. The average molecular weight is 216 g/mol. The number of carbonyl (C=O) groups is 2. The van der Waals surface area contributed by atoms with E-state index in [2.05, 4.69) is 6.92 Å². The van der Waals surface area contributed by atoms with Crippen LogP contribution in [0.15, 0.2) is 0 Å². The van der Waals surface area contributed by atoms with Crippen LogP contribution in [0.2, 0.25) is 0 Å². The monoisotopic (exact) mass is 216 g/mol. The van der Waals surface area contributed by atoms with Gasteiger partial charge in [-0.3, -0.25) is 4.79 Å². The topological polar surface area (TPSA) is 52.6 Å².